The fourth-order valence-electron chi connectivity index (χ4n) is 1.83. The first-order chi connectivity index (χ1) is 9.16. The van der Waals surface area contributed by atoms with Crippen molar-refractivity contribution in [3.63, 3.8) is 0 Å². The largest absolute Gasteiger partial charge is 1.00 e. The number of benzene rings is 1. The second-order valence-electron chi connectivity index (χ2n) is 4.63. The maximum absolute atomic E-state index is 4.21. The van der Waals surface area contributed by atoms with Crippen molar-refractivity contribution in [3.05, 3.63) is 70.5 Å². The molecule has 0 atom stereocenters. The van der Waals surface area contributed by atoms with E-state index in [4.69, 9.17) is 0 Å². The lowest BCUT2D eigenvalue weighted by atomic mass is 9.99. The van der Waals surface area contributed by atoms with Crippen LogP contribution in [-0.4, -0.2) is 30.5 Å². The highest BCUT2D eigenvalue weighted by Gasteiger charge is 2.05. The SMILES string of the molecule is CN(C)CC=C(c1ccc(Br)cc1)c1cccnc1.[Cl-].[Cl-]. The molecule has 0 amide bonds. The molecule has 0 unspecified atom stereocenters. The van der Waals surface area contributed by atoms with Crippen molar-refractivity contribution in [2.24, 2.45) is 0 Å². The molecule has 0 fully saturated rings. The zero-order valence-electron chi connectivity index (χ0n) is 11.9. The monoisotopic (exact) mass is 386 g/mol. The Labute approximate surface area is 147 Å². The third-order valence-corrected chi connectivity index (χ3v) is 3.32. The van der Waals surface area contributed by atoms with E-state index in [1.165, 1.54) is 11.1 Å². The van der Waals surface area contributed by atoms with E-state index in [0.29, 0.717) is 0 Å². The standard InChI is InChI=1S/C16H17BrN2.2ClH/c1-19(2)11-9-16(14-4-3-10-18-12-14)13-5-7-15(17)8-6-13;;/h3-10,12H,11H2,1-2H3;2*1H/p-2. The number of hydrogen-bond acceptors (Lipinski definition) is 2. The second-order valence-corrected chi connectivity index (χ2v) is 5.54. The molecule has 0 aliphatic carbocycles. The zero-order valence-corrected chi connectivity index (χ0v) is 15.0. The third-order valence-electron chi connectivity index (χ3n) is 2.79. The predicted octanol–water partition coefficient (Wildman–Crippen LogP) is -2.15. The summed E-state index contributed by atoms with van der Waals surface area (Å²) in [5.74, 6) is 0. The quantitative estimate of drug-likeness (QED) is 0.594. The van der Waals surface area contributed by atoms with Crippen molar-refractivity contribution in [1.29, 1.82) is 0 Å². The molecule has 2 nitrogen and oxygen atoms in total. The number of rotatable bonds is 4. The Morgan fingerprint density at radius 1 is 1.10 bits per heavy atom. The van der Waals surface area contributed by atoms with E-state index in [2.05, 4.69) is 76.3 Å². The van der Waals surface area contributed by atoms with Gasteiger partial charge in [-0.3, -0.25) is 4.98 Å². The van der Waals surface area contributed by atoms with E-state index < -0.39 is 0 Å². The average Bonchev–Trinajstić information content (AvgIpc) is 2.42. The molecule has 0 bridgehead atoms. The fourth-order valence-corrected chi connectivity index (χ4v) is 2.09. The van der Waals surface area contributed by atoms with Crippen LogP contribution in [0.5, 0.6) is 0 Å². The minimum atomic E-state index is 0. The van der Waals surface area contributed by atoms with E-state index in [9.17, 15) is 0 Å². The van der Waals surface area contributed by atoms with Gasteiger partial charge in [0.25, 0.3) is 0 Å². The van der Waals surface area contributed by atoms with E-state index in [1.54, 1.807) is 6.20 Å². The van der Waals surface area contributed by atoms with Gasteiger partial charge < -0.3 is 29.7 Å². The van der Waals surface area contributed by atoms with Gasteiger partial charge in [-0.05, 0) is 43.4 Å². The highest BCUT2D eigenvalue weighted by Crippen LogP contribution is 2.24. The molecule has 0 saturated heterocycles. The normalized spacial score (nSPS) is 10.8. The van der Waals surface area contributed by atoms with Gasteiger partial charge in [0.2, 0.25) is 0 Å². The lowest BCUT2D eigenvalue weighted by Crippen LogP contribution is -3.00. The Morgan fingerprint density at radius 2 is 1.76 bits per heavy atom. The smallest absolute Gasteiger partial charge is 0.0346 e. The molecule has 1 aromatic heterocycles. The Morgan fingerprint density at radius 3 is 2.29 bits per heavy atom. The van der Waals surface area contributed by atoms with E-state index in [0.717, 1.165) is 16.6 Å². The Balaban J connectivity index is 0.00000200. The number of pyridine rings is 1. The van der Waals surface area contributed by atoms with Crippen molar-refractivity contribution in [3.8, 4) is 0 Å². The molecule has 0 N–H and O–H groups in total. The molecule has 0 spiro atoms. The summed E-state index contributed by atoms with van der Waals surface area (Å²) in [6, 6.07) is 12.4. The molecule has 2 rings (SSSR count). The average molecular weight is 388 g/mol. The summed E-state index contributed by atoms with van der Waals surface area (Å²) >= 11 is 3.47. The molecule has 0 aliphatic heterocycles. The first-order valence-electron chi connectivity index (χ1n) is 6.18. The summed E-state index contributed by atoms with van der Waals surface area (Å²) < 4.78 is 1.09. The van der Waals surface area contributed by atoms with Crippen LogP contribution in [0.25, 0.3) is 5.57 Å². The van der Waals surface area contributed by atoms with Gasteiger partial charge in [0, 0.05) is 29.0 Å². The molecule has 114 valence electrons. The maximum atomic E-state index is 4.21. The summed E-state index contributed by atoms with van der Waals surface area (Å²) in [6.45, 7) is 0.903. The Kier molecular flexibility index (Phi) is 9.54. The molecule has 1 aromatic carbocycles. The first kappa shape index (κ1) is 20.1. The van der Waals surface area contributed by atoms with Crippen LogP contribution in [-0.2, 0) is 0 Å². The van der Waals surface area contributed by atoms with Crippen LogP contribution in [0, 0.1) is 0 Å². The van der Waals surface area contributed by atoms with Gasteiger partial charge in [-0.2, -0.15) is 0 Å². The van der Waals surface area contributed by atoms with E-state index in [1.807, 2.05) is 12.3 Å². The Hall–Kier alpha value is -0.870. The summed E-state index contributed by atoms with van der Waals surface area (Å²) in [5, 5.41) is 0. The van der Waals surface area contributed by atoms with Gasteiger partial charge in [-0.1, -0.05) is 40.2 Å². The van der Waals surface area contributed by atoms with Crippen molar-refractivity contribution >= 4 is 21.5 Å². The van der Waals surface area contributed by atoms with Gasteiger partial charge in [0.15, 0.2) is 0 Å². The number of halogens is 3. The Bertz CT molecular complexity index is 554. The molecular weight excluding hydrogens is 371 g/mol. The summed E-state index contributed by atoms with van der Waals surface area (Å²) in [6.07, 6.45) is 5.94. The van der Waals surface area contributed by atoms with Crippen LogP contribution >= 0.6 is 15.9 Å². The van der Waals surface area contributed by atoms with Crippen LogP contribution in [0.3, 0.4) is 0 Å². The zero-order chi connectivity index (χ0) is 13.7. The summed E-state index contributed by atoms with van der Waals surface area (Å²) in [7, 11) is 4.14. The summed E-state index contributed by atoms with van der Waals surface area (Å²) in [5.41, 5.74) is 3.57. The highest BCUT2D eigenvalue weighted by atomic mass is 79.9. The molecule has 2 aromatic rings. The minimum absolute atomic E-state index is 0. The van der Waals surface area contributed by atoms with E-state index in [-0.39, 0.29) is 24.8 Å². The molecule has 1 heterocycles. The lowest BCUT2D eigenvalue weighted by Gasteiger charge is -2.11. The van der Waals surface area contributed by atoms with Crippen molar-refractivity contribution in [2.45, 2.75) is 0 Å². The number of nitrogens with zero attached hydrogens (tertiary/aromatic N) is 2. The summed E-state index contributed by atoms with van der Waals surface area (Å²) in [4.78, 5) is 6.36. The molecule has 5 heteroatoms. The lowest BCUT2D eigenvalue weighted by molar-refractivity contribution is -0.001000. The fraction of sp³-hybridized carbons (Fsp3) is 0.188. The van der Waals surface area contributed by atoms with Crippen molar-refractivity contribution in [1.82, 2.24) is 9.88 Å². The maximum Gasteiger partial charge on any atom is 0.0346 e. The topological polar surface area (TPSA) is 16.1 Å². The number of likely N-dealkylation sites (N-methyl/N-ethyl adjacent to an activating group) is 1. The van der Waals surface area contributed by atoms with Gasteiger partial charge >= 0.3 is 0 Å². The van der Waals surface area contributed by atoms with Gasteiger partial charge in [0.1, 0.15) is 0 Å². The molecule has 0 aliphatic rings. The third kappa shape index (κ3) is 6.18. The minimum Gasteiger partial charge on any atom is -1.00 e. The van der Waals surface area contributed by atoms with Gasteiger partial charge in [-0.25, -0.2) is 0 Å². The van der Waals surface area contributed by atoms with Crippen molar-refractivity contribution < 1.29 is 24.8 Å². The highest BCUT2D eigenvalue weighted by molar-refractivity contribution is 9.10. The van der Waals surface area contributed by atoms with Crippen LogP contribution in [0.15, 0.2) is 59.3 Å². The van der Waals surface area contributed by atoms with Gasteiger partial charge in [-0.15, -0.1) is 0 Å². The molecule has 21 heavy (non-hydrogen) atoms. The van der Waals surface area contributed by atoms with E-state index >= 15 is 0 Å². The predicted molar refractivity (Wildman–Crippen MR) is 84.0 cm³/mol. The van der Waals surface area contributed by atoms with Crippen molar-refractivity contribution in [2.75, 3.05) is 20.6 Å². The number of aromatic nitrogens is 1. The number of hydrogen-bond donors (Lipinski definition) is 0. The molecule has 0 radical (unpaired) electrons. The van der Waals surface area contributed by atoms with Crippen LogP contribution in [0.4, 0.5) is 0 Å². The van der Waals surface area contributed by atoms with Crippen LogP contribution < -0.4 is 24.8 Å². The first-order valence-corrected chi connectivity index (χ1v) is 6.97. The molecule has 0 saturated carbocycles. The van der Waals surface area contributed by atoms with Crippen LogP contribution in [0.2, 0.25) is 0 Å². The van der Waals surface area contributed by atoms with Gasteiger partial charge in [0.05, 0.1) is 0 Å². The van der Waals surface area contributed by atoms with Crippen LogP contribution in [0.1, 0.15) is 11.1 Å². The molecular formula is C16H17BrCl2N2-2. The second kappa shape index (κ2) is 9.96.